The van der Waals surface area contributed by atoms with Crippen LogP contribution in [-0.2, 0) is 16.1 Å². The van der Waals surface area contributed by atoms with Gasteiger partial charge in [-0.2, -0.15) is 0 Å². The lowest BCUT2D eigenvalue weighted by atomic mass is 10.1. The summed E-state index contributed by atoms with van der Waals surface area (Å²) in [5.74, 6) is -0.0453. The molecule has 0 saturated heterocycles. The zero-order valence-corrected chi connectivity index (χ0v) is 15.3. The molecule has 0 unspecified atom stereocenters. The van der Waals surface area contributed by atoms with Crippen LogP contribution >= 0.6 is 0 Å². The number of para-hydroxylation sites is 2. The Hall–Kier alpha value is -2.66. The molecule has 2 aromatic carbocycles. The van der Waals surface area contributed by atoms with E-state index in [2.05, 4.69) is 29.3 Å². The van der Waals surface area contributed by atoms with Gasteiger partial charge < -0.3 is 10.2 Å². The average Bonchev–Trinajstić information content (AvgIpc) is 2.76. The second kappa shape index (κ2) is 8.15. The van der Waals surface area contributed by atoms with Crippen molar-refractivity contribution in [3.8, 4) is 0 Å². The molecular weight excluding hydrogens is 326 g/mol. The predicted molar refractivity (Wildman–Crippen MR) is 104 cm³/mol. The lowest BCUT2D eigenvalue weighted by Gasteiger charge is -2.30. The van der Waals surface area contributed by atoms with Crippen molar-refractivity contribution in [2.45, 2.75) is 32.9 Å². The number of carbonyl (C=O) groups is 2. The number of amides is 2. The zero-order valence-electron chi connectivity index (χ0n) is 15.3. The largest absolute Gasteiger partial charge is 0.324 e. The summed E-state index contributed by atoms with van der Waals surface area (Å²) in [5, 5.41) is 2.90. The minimum atomic E-state index is -0.179. The molecule has 0 aromatic heterocycles. The molecule has 0 fully saturated rings. The van der Waals surface area contributed by atoms with E-state index in [1.165, 1.54) is 5.56 Å². The maximum Gasteiger partial charge on any atom is 0.241 e. The van der Waals surface area contributed by atoms with Gasteiger partial charge >= 0.3 is 0 Å². The highest BCUT2D eigenvalue weighted by Crippen LogP contribution is 2.31. The molecule has 1 aliphatic rings. The van der Waals surface area contributed by atoms with Crippen molar-refractivity contribution in [3.63, 3.8) is 0 Å². The molecule has 1 atom stereocenters. The topological polar surface area (TPSA) is 52.7 Å². The van der Waals surface area contributed by atoms with E-state index in [-0.39, 0.29) is 17.9 Å². The van der Waals surface area contributed by atoms with Crippen molar-refractivity contribution in [1.29, 1.82) is 0 Å². The fourth-order valence-electron chi connectivity index (χ4n) is 3.36. The van der Waals surface area contributed by atoms with Crippen LogP contribution in [0.5, 0.6) is 0 Å². The van der Waals surface area contributed by atoms with Gasteiger partial charge in [0.2, 0.25) is 11.8 Å². The summed E-state index contributed by atoms with van der Waals surface area (Å²) in [6.45, 7) is 5.80. The van der Waals surface area contributed by atoms with Crippen LogP contribution in [0.4, 0.5) is 11.4 Å². The minimum absolute atomic E-state index is 0.0132. The monoisotopic (exact) mass is 351 g/mol. The molecule has 0 radical (unpaired) electrons. The van der Waals surface area contributed by atoms with Crippen molar-refractivity contribution in [3.05, 3.63) is 60.2 Å². The number of benzene rings is 2. The number of fused-ring (bicyclic) bond motifs is 1. The van der Waals surface area contributed by atoms with E-state index in [1.807, 2.05) is 49.4 Å². The molecule has 2 aromatic rings. The first kappa shape index (κ1) is 18.1. The first-order chi connectivity index (χ1) is 12.6. The van der Waals surface area contributed by atoms with Crippen LogP contribution in [-0.4, -0.2) is 35.8 Å². The van der Waals surface area contributed by atoms with E-state index in [0.29, 0.717) is 18.7 Å². The number of rotatable bonds is 5. The van der Waals surface area contributed by atoms with Gasteiger partial charge in [-0.1, -0.05) is 49.4 Å². The average molecular weight is 351 g/mol. The summed E-state index contributed by atoms with van der Waals surface area (Å²) in [7, 11) is 0. The van der Waals surface area contributed by atoms with Gasteiger partial charge in [-0.25, -0.2) is 0 Å². The van der Waals surface area contributed by atoms with Gasteiger partial charge in [0.05, 0.1) is 17.9 Å². The van der Waals surface area contributed by atoms with Crippen molar-refractivity contribution in [2.75, 3.05) is 23.3 Å². The zero-order chi connectivity index (χ0) is 18.5. The highest BCUT2D eigenvalue weighted by molar-refractivity contribution is 6.04. The highest BCUT2D eigenvalue weighted by Gasteiger charge is 2.30. The molecule has 0 aliphatic carbocycles. The Labute approximate surface area is 154 Å². The Bertz CT molecular complexity index is 776. The number of nitrogens with zero attached hydrogens (tertiary/aromatic N) is 2. The number of hydrogen-bond donors (Lipinski definition) is 1. The van der Waals surface area contributed by atoms with E-state index in [0.717, 1.165) is 18.8 Å². The molecule has 0 saturated carbocycles. The van der Waals surface area contributed by atoms with Crippen molar-refractivity contribution >= 4 is 23.2 Å². The number of likely N-dealkylation sites (N-methyl/N-ethyl adjacent to an activating group) is 1. The maximum atomic E-state index is 13.1. The SMILES string of the molecule is CCN(CC(=O)N1c2ccccc2NC(=O)C[C@@H]1C)Cc1ccccc1. The fraction of sp³-hybridized carbons (Fsp3) is 0.333. The molecule has 5 heteroatoms. The number of hydrogen-bond acceptors (Lipinski definition) is 3. The van der Waals surface area contributed by atoms with Crippen molar-refractivity contribution in [1.82, 2.24) is 4.90 Å². The third-order valence-corrected chi connectivity index (χ3v) is 4.68. The second-order valence-corrected chi connectivity index (χ2v) is 6.67. The lowest BCUT2D eigenvalue weighted by Crippen LogP contribution is -2.45. The fourth-order valence-corrected chi connectivity index (χ4v) is 3.36. The molecule has 2 amide bonds. The standard InChI is InChI=1S/C21H25N3O2/c1-3-23(14-17-9-5-4-6-10-17)15-21(26)24-16(2)13-20(25)22-18-11-7-8-12-19(18)24/h4-12,16H,3,13-15H2,1-2H3,(H,22,25)/t16-/m0/s1. The van der Waals surface area contributed by atoms with Gasteiger partial charge in [-0.15, -0.1) is 0 Å². The summed E-state index contributed by atoms with van der Waals surface area (Å²) in [5.41, 5.74) is 2.65. The number of anilines is 2. The van der Waals surface area contributed by atoms with Crippen LogP contribution in [0.3, 0.4) is 0 Å². The van der Waals surface area contributed by atoms with Gasteiger partial charge in [0, 0.05) is 19.0 Å². The van der Waals surface area contributed by atoms with Crippen molar-refractivity contribution in [2.24, 2.45) is 0 Å². The Morgan fingerprint density at radius 1 is 1.15 bits per heavy atom. The molecule has 0 bridgehead atoms. The third-order valence-electron chi connectivity index (χ3n) is 4.68. The third kappa shape index (κ3) is 4.11. The Morgan fingerprint density at radius 3 is 2.58 bits per heavy atom. The minimum Gasteiger partial charge on any atom is -0.324 e. The van der Waals surface area contributed by atoms with Crippen LogP contribution in [0, 0.1) is 0 Å². The normalized spacial score (nSPS) is 16.8. The quantitative estimate of drug-likeness (QED) is 0.899. The van der Waals surface area contributed by atoms with E-state index in [9.17, 15) is 9.59 Å². The molecule has 1 heterocycles. The second-order valence-electron chi connectivity index (χ2n) is 6.67. The Morgan fingerprint density at radius 2 is 1.85 bits per heavy atom. The van der Waals surface area contributed by atoms with Crippen LogP contribution in [0.25, 0.3) is 0 Å². The maximum absolute atomic E-state index is 13.1. The van der Waals surface area contributed by atoms with Gasteiger partial charge in [0.25, 0.3) is 0 Å². The molecule has 3 rings (SSSR count). The number of carbonyl (C=O) groups excluding carboxylic acids is 2. The van der Waals surface area contributed by atoms with E-state index in [4.69, 9.17) is 0 Å². The van der Waals surface area contributed by atoms with E-state index < -0.39 is 0 Å². The summed E-state index contributed by atoms with van der Waals surface area (Å²) >= 11 is 0. The lowest BCUT2D eigenvalue weighted by molar-refractivity contribution is -0.120. The Balaban J connectivity index is 1.80. The van der Waals surface area contributed by atoms with Gasteiger partial charge in [-0.3, -0.25) is 14.5 Å². The summed E-state index contributed by atoms with van der Waals surface area (Å²) in [6, 6.07) is 17.5. The molecule has 136 valence electrons. The van der Waals surface area contributed by atoms with Gasteiger partial charge in [0.15, 0.2) is 0 Å². The van der Waals surface area contributed by atoms with Gasteiger partial charge in [-0.05, 0) is 31.2 Å². The predicted octanol–water partition coefficient (Wildman–Crippen LogP) is 3.27. The molecule has 0 spiro atoms. The first-order valence-electron chi connectivity index (χ1n) is 9.05. The molecule has 1 N–H and O–H groups in total. The van der Waals surface area contributed by atoms with E-state index in [1.54, 1.807) is 4.90 Å². The van der Waals surface area contributed by atoms with Gasteiger partial charge in [0.1, 0.15) is 0 Å². The summed E-state index contributed by atoms with van der Waals surface area (Å²) in [4.78, 5) is 29.1. The van der Waals surface area contributed by atoms with Crippen molar-refractivity contribution < 1.29 is 9.59 Å². The first-order valence-corrected chi connectivity index (χ1v) is 9.05. The van der Waals surface area contributed by atoms with E-state index >= 15 is 0 Å². The molecule has 26 heavy (non-hydrogen) atoms. The van der Waals surface area contributed by atoms with Crippen LogP contribution < -0.4 is 10.2 Å². The van der Waals surface area contributed by atoms with Crippen LogP contribution in [0.1, 0.15) is 25.8 Å². The molecule has 5 nitrogen and oxygen atoms in total. The summed E-state index contributed by atoms with van der Waals surface area (Å²) in [6.07, 6.45) is 0.297. The Kier molecular flexibility index (Phi) is 5.68. The van der Waals surface area contributed by atoms with Crippen LogP contribution in [0.2, 0.25) is 0 Å². The summed E-state index contributed by atoms with van der Waals surface area (Å²) < 4.78 is 0. The molecular formula is C21H25N3O2. The molecule has 1 aliphatic heterocycles. The smallest absolute Gasteiger partial charge is 0.241 e. The van der Waals surface area contributed by atoms with Crippen LogP contribution in [0.15, 0.2) is 54.6 Å². The number of nitrogens with one attached hydrogen (secondary N) is 1. The highest BCUT2D eigenvalue weighted by atomic mass is 16.2.